The largest absolute Gasteiger partial charge is 0.416 e. The summed E-state index contributed by atoms with van der Waals surface area (Å²) in [4.78, 5) is 14.2. The number of nitrogens with zero attached hydrogens (tertiary/aromatic N) is 1. The van der Waals surface area contributed by atoms with Gasteiger partial charge in [0.15, 0.2) is 0 Å². The Labute approximate surface area is 138 Å². The molecule has 0 N–H and O–H groups in total. The van der Waals surface area contributed by atoms with Crippen molar-refractivity contribution >= 4 is 5.91 Å². The Kier molecular flexibility index (Phi) is 4.35. The summed E-state index contributed by atoms with van der Waals surface area (Å²) in [5, 5.41) is 0. The first kappa shape index (κ1) is 16.6. The second kappa shape index (κ2) is 6.30. The average Bonchev–Trinajstić information content (AvgIpc) is 2.97. The van der Waals surface area contributed by atoms with Crippen molar-refractivity contribution in [1.82, 2.24) is 4.90 Å². The number of hydrogen-bond donors (Lipinski definition) is 0. The number of benzene rings is 2. The standard InChI is InChI=1S/C19H18F3NO/c1-23(17-10-9-14-6-2-3-8-16(14)17)18(24)12-13-5-4-7-15(11-13)19(20,21)22/h2-8,11,17H,9-10,12H2,1H3. The van der Waals surface area contributed by atoms with Gasteiger partial charge in [-0.1, -0.05) is 42.5 Å². The topological polar surface area (TPSA) is 20.3 Å². The second-order valence-corrected chi connectivity index (χ2v) is 6.13. The number of amides is 1. The molecule has 126 valence electrons. The summed E-state index contributed by atoms with van der Waals surface area (Å²) >= 11 is 0. The Bertz CT molecular complexity index is 754. The number of carbonyl (C=O) groups excluding carboxylic acids is 1. The molecule has 1 aliphatic rings. The van der Waals surface area contributed by atoms with E-state index in [9.17, 15) is 18.0 Å². The van der Waals surface area contributed by atoms with E-state index in [0.29, 0.717) is 5.56 Å². The average molecular weight is 333 g/mol. The van der Waals surface area contributed by atoms with Crippen LogP contribution < -0.4 is 0 Å². The summed E-state index contributed by atoms with van der Waals surface area (Å²) < 4.78 is 38.3. The lowest BCUT2D eigenvalue weighted by atomic mass is 10.0. The van der Waals surface area contributed by atoms with E-state index in [-0.39, 0.29) is 18.4 Å². The van der Waals surface area contributed by atoms with Gasteiger partial charge in [0.2, 0.25) is 5.91 Å². The van der Waals surface area contributed by atoms with Gasteiger partial charge in [-0.05, 0) is 35.6 Å². The van der Waals surface area contributed by atoms with E-state index in [0.717, 1.165) is 30.5 Å². The van der Waals surface area contributed by atoms with Gasteiger partial charge < -0.3 is 4.90 Å². The highest BCUT2D eigenvalue weighted by atomic mass is 19.4. The Morgan fingerprint density at radius 2 is 1.92 bits per heavy atom. The van der Waals surface area contributed by atoms with Crippen LogP contribution in [0.4, 0.5) is 13.2 Å². The molecule has 2 nitrogen and oxygen atoms in total. The molecule has 2 aromatic carbocycles. The van der Waals surface area contributed by atoms with Crippen LogP contribution in [0, 0.1) is 0 Å². The van der Waals surface area contributed by atoms with Crippen molar-refractivity contribution in [3.8, 4) is 0 Å². The number of aryl methyl sites for hydroxylation is 1. The zero-order chi connectivity index (χ0) is 17.3. The lowest BCUT2D eigenvalue weighted by Crippen LogP contribution is -2.31. The molecular weight excluding hydrogens is 315 g/mol. The third kappa shape index (κ3) is 3.30. The molecule has 0 radical (unpaired) electrons. The van der Waals surface area contributed by atoms with Crippen LogP contribution in [0.15, 0.2) is 48.5 Å². The molecule has 0 spiro atoms. The summed E-state index contributed by atoms with van der Waals surface area (Å²) in [5.74, 6) is -0.170. The Morgan fingerprint density at radius 1 is 1.17 bits per heavy atom. The van der Waals surface area contributed by atoms with Crippen molar-refractivity contribution < 1.29 is 18.0 Å². The molecule has 1 aliphatic carbocycles. The molecule has 0 aliphatic heterocycles. The predicted molar refractivity (Wildman–Crippen MR) is 85.4 cm³/mol. The minimum atomic E-state index is -4.39. The highest BCUT2D eigenvalue weighted by Gasteiger charge is 2.31. The minimum absolute atomic E-state index is 0.000464. The van der Waals surface area contributed by atoms with E-state index in [1.54, 1.807) is 18.0 Å². The SMILES string of the molecule is CN(C(=O)Cc1cccc(C(F)(F)F)c1)C1CCc2ccccc21. The van der Waals surface area contributed by atoms with Gasteiger partial charge in [-0.3, -0.25) is 4.79 Å². The normalized spacial score (nSPS) is 16.8. The number of likely N-dealkylation sites (N-methyl/N-ethyl adjacent to an activating group) is 1. The first-order valence-electron chi connectivity index (χ1n) is 7.86. The van der Waals surface area contributed by atoms with E-state index >= 15 is 0 Å². The van der Waals surface area contributed by atoms with Crippen molar-refractivity contribution in [1.29, 1.82) is 0 Å². The van der Waals surface area contributed by atoms with Crippen molar-refractivity contribution in [3.05, 3.63) is 70.8 Å². The van der Waals surface area contributed by atoms with Crippen molar-refractivity contribution in [2.24, 2.45) is 0 Å². The van der Waals surface area contributed by atoms with Crippen LogP contribution >= 0.6 is 0 Å². The van der Waals surface area contributed by atoms with Crippen LogP contribution in [-0.2, 0) is 23.8 Å². The summed E-state index contributed by atoms with van der Waals surface area (Å²) in [6.45, 7) is 0. The maximum Gasteiger partial charge on any atom is 0.416 e. The van der Waals surface area contributed by atoms with Crippen molar-refractivity contribution in [2.45, 2.75) is 31.5 Å². The van der Waals surface area contributed by atoms with Gasteiger partial charge >= 0.3 is 6.18 Å². The highest BCUT2D eigenvalue weighted by Crippen LogP contribution is 2.35. The summed E-state index contributed by atoms with van der Waals surface area (Å²) in [7, 11) is 1.72. The lowest BCUT2D eigenvalue weighted by Gasteiger charge is -2.25. The third-order valence-electron chi connectivity index (χ3n) is 4.57. The van der Waals surface area contributed by atoms with E-state index < -0.39 is 11.7 Å². The van der Waals surface area contributed by atoms with E-state index in [1.807, 2.05) is 18.2 Å². The van der Waals surface area contributed by atoms with E-state index in [4.69, 9.17) is 0 Å². The molecule has 1 amide bonds. The maximum atomic E-state index is 12.8. The number of carbonyl (C=O) groups is 1. The Hall–Kier alpha value is -2.30. The minimum Gasteiger partial charge on any atom is -0.338 e. The summed E-state index contributed by atoms with van der Waals surface area (Å²) in [6, 6.07) is 13.0. The first-order valence-corrected chi connectivity index (χ1v) is 7.86. The van der Waals surface area contributed by atoms with Gasteiger partial charge in [-0.2, -0.15) is 13.2 Å². The zero-order valence-corrected chi connectivity index (χ0v) is 13.3. The molecule has 24 heavy (non-hydrogen) atoms. The number of alkyl halides is 3. The molecule has 2 aromatic rings. The Morgan fingerprint density at radius 3 is 2.67 bits per heavy atom. The fourth-order valence-corrected chi connectivity index (χ4v) is 3.27. The van der Waals surface area contributed by atoms with Gasteiger partial charge in [0.05, 0.1) is 18.0 Å². The molecule has 3 rings (SSSR count). The molecule has 5 heteroatoms. The molecule has 1 unspecified atom stereocenters. The zero-order valence-electron chi connectivity index (χ0n) is 13.3. The monoisotopic (exact) mass is 333 g/mol. The fraction of sp³-hybridized carbons (Fsp3) is 0.316. The smallest absolute Gasteiger partial charge is 0.338 e. The van der Waals surface area contributed by atoms with Crippen LogP contribution in [0.2, 0.25) is 0 Å². The van der Waals surface area contributed by atoms with Crippen molar-refractivity contribution in [2.75, 3.05) is 7.05 Å². The van der Waals surface area contributed by atoms with Gasteiger partial charge in [-0.15, -0.1) is 0 Å². The molecule has 0 heterocycles. The molecule has 1 atom stereocenters. The lowest BCUT2D eigenvalue weighted by molar-refractivity contribution is -0.138. The maximum absolute atomic E-state index is 12.8. The van der Waals surface area contributed by atoms with Crippen LogP contribution in [0.3, 0.4) is 0 Å². The van der Waals surface area contributed by atoms with Gasteiger partial charge in [-0.25, -0.2) is 0 Å². The molecule has 0 aromatic heterocycles. The van der Waals surface area contributed by atoms with Crippen molar-refractivity contribution in [3.63, 3.8) is 0 Å². The van der Waals surface area contributed by atoms with Crippen LogP contribution in [0.25, 0.3) is 0 Å². The molecule has 0 fully saturated rings. The number of hydrogen-bond acceptors (Lipinski definition) is 1. The summed E-state index contributed by atoms with van der Waals surface area (Å²) in [6.07, 6.45) is -2.65. The van der Waals surface area contributed by atoms with Gasteiger partial charge in [0, 0.05) is 7.05 Å². The van der Waals surface area contributed by atoms with Crippen LogP contribution in [-0.4, -0.2) is 17.9 Å². The molecular formula is C19H18F3NO. The van der Waals surface area contributed by atoms with Gasteiger partial charge in [0.1, 0.15) is 0 Å². The molecule has 0 bridgehead atoms. The highest BCUT2D eigenvalue weighted by molar-refractivity contribution is 5.79. The number of halogens is 3. The Balaban J connectivity index is 1.74. The number of fused-ring (bicyclic) bond motifs is 1. The quantitative estimate of drug-likeness (QED) is 0.815. The third-order valence-corrected chi connectivity index (χ3v) is 4.57. The summed E-state index contributed by atoms with van der Waals surface area (Å²) in [5.41, 5.74) is 2.04. The second-order valence-electron chi connectivity index (χ2n) is 6.13. The van der Waals surface area contributed by atoms with Crippen LogP contribution in [0.1, 0.15) is 34.7 Å². The predicted octanol–water partition coefficient (Wildman–Crippen LogP) is 4.39. The number of rotatable bonds is 3. The van der Waals surface area contributed by atoms with Gasteiger partial charge in [0.25, 0.3) is 0 Å². The molecule has 0 saturated carbocycles. The van der Waals surface area contributed by atoms with E-state index in [2.05, 4.69) is 6.07 Å². The van der Waals surface area contributed by atoms with Crippen LogP contribution in [0.5, 0.6) is 0 Å². The molecule has 0 saturated heterocycles. The first-order chi connectivity index (χ1) is 11.4. The van der Waals surface area contributed by atoms with E-state index in [1.165, 1.54) is 11.6 Å². The fourth-order valence-electron chi connectivity index (χ4n) is 3.27.